The van der Waals surface area contributed by atoms with E-state index in [1.807, 2.05) is 19.1 Å². The number of benzene rings is 1. The highest BCUT2D eigenvalue weighted by atomic mass is 32.2. The second-order valence-corrected chi connectivity index (χ2v) is 8.46. The van der Waals surface area contributed by atoms with Crippen molar-refractivity contribution >= 4 is 9.84 Å². The average Bonchev–Trinajstić information content (AvgIpc) is 2.36. The Morgan fingerprint density at radius 2 is 1.55 bits per heavy atom. The third-order valence-electron chi connectivity index (χ3n) is 3.74. The van der Waals surface area contributed by atoms with E-state index in [2.05, 4.69) is 20.8 Å². The predicted octanol–water partition coefficient (Wildman–Crippen LogP) is 4.62. The summed E-state index contributed by atoms with van der Waals surface area (Å²) in [6, 6.07) is 7.15. The zero-order valence-electron chi connectivity index (χ0n) is 13.2. The number of hydrogen-bond acceptors (Lipinski definition) is 2. The quantitative estimate of drug-likeness (QED) is 0.701. The maximum absolute atomic E-state index is 12.2. The summed E-state index contributed by atoms with van der Waals surface area (Å²) >= 11 is 0. The highest BCUT2D eigenvalue weighted by Crippen LogP contribution is 2.19. The molecule has 0 bridgehead atoms. The van der Waals surface area contributed by atoms with Crippen LogP contribution in [-0.2, 0) is 9.84 Å². The lowest BCUT2D eigenvalue weighted by atomic mass is 9.98. The van der Waals surface area contributed by atoms with Crippen LogP contribution in [0, 0.1) is 18.8 Å². The van der Waals surface area contributed by atoms with Crippen molar-refractivity contribution in [3.05, 3.63) is 29.8 Å². The van der Waals surface area contributed by atoms with Crippen molar-refractivity contribution in [3.63, 3.8) is 0 Å². The summed E-state index contributed by atoms with van der Waals surface area (Å²) in [5.74, 6) is 1.48. The lowest BCUT2D eigenvalue weighted by Gasteiger charge is -2.12. The monoisotopic (exact) mass is 296 g/mol. The van der Waals surface area contributed by atoms with Crippen molar-refractivity contribution in [1.82, 2.24) is 0 Å². The van der Waals surface area contributed by atoms with Crippen LogP contribution in [0.1, 0.15) is 52.0 Å². The van der Waals surface area contributed by atoms with E-state index in [0.717, 1.165) is 24.3 Å². The molecule has 20 heavy (non-hydrogen) atoms. The lowest BCUT2D eigenvalue weighted by Crippen LogP contribution is -2.10. The maximum Gasteiger partial charge on any atom is 0.178 e. The van der Waals surface area contributed by atoms with Crippen LogP contribution < -0.4 is 0 Å². The molecule has 114 valence electrons. The molecule has 0 aliphatic rings. The molecule has 2 nitrogen and oxygen atoms in total. The molecule has 0 aliphatic carbocycles. The first-order valence-corrected chi connectivity index (χ1v) is 9.26. The Kier molecular flexibility index (Phi) is 6.74. The summed E-state index contributed by atoms with van der Waals surface area (Å²) < 4.78 is 24.5. The van der Waals surface area contributed by atoms with E-state index in [1.54, 1.807) is 12.1 Å². The van der Waals surface area contributed by atoms with Crippen molar-refractivity contribution in [1.29, 1.82) is 0 Å². The van der Waals surface area contributed by atoms with E-state index >= 15 is 0 Å². The molecule has 0 aromatic heterocycles. The van der Waals surface area contributed by atoms with Crippen LogP contribution in [0.25, 0.3) is 0 Å². The van der Waals surface area contributed by atoms with E-state index in [1.165, 1.54) is 12.8 Å². The Labute approximate surface area is 124 Å². The zero-order valence-corrected chi connectivity index (χ0v) is 14.0. The summed E-state index contributed by atoms with van der Waals surface area (Å²) in [6.45, 7) is 8.58. The first kappa shape index (κ1) is 17.2. The Bertz CT molecular complexity index is 486. The molecule has 0 fully saturated rings. The van der Waals surface area contributed by atoms with Gasteiger partial charge >= 0.3 is 0 Å². The second kappa shape index (κ2) is 7.82. The van der Waals surface area contributed by atoms with Gasteiger partial charge in [0.25, 0.3) is 0 Å². The van der Waals surface area contributed by atoms with Gasteiger partial charge in [-0.05, 0) is 37.3 Å². The Hall–Kier alpha value is -0.830. The number of sulfone groups is 1. The van der Waals surface area contributed by atoms with Gasteiger partial charge in [-0.3, -0.25) is 0 Å². The van der Waals surface area contributed by atoms with Crippen LogP contribution in [0.5, 0.6) is 0 Å². The molecule has 0 saturated heterocycles. The summed E-state index contributed by atoms with van der Waals surface area (Å²) in [7, 11) is -3.11. The molecule has 0 saturated carbocycles. The third kappa shape index (κ3) is 6.08. The minimum Gasteiger partial charge on any atom is -0.224 e. The van der Waals surface area contributed by atoms with Crippen LogP contribution in [0.4, 0.5) is 0 Å². The minimum atomic E-state index is -3.11. The summed E-state index contributed by atoms with van der Waals surface area (Å²) in [4.78, 5) is 0.456. The highest BCUT2D eigenvalue weighted by Gasteiger charge is 2.15. The van der Waals surface area contributed by atoms with E-state index in [-0.39, 0.29) is 5.75 Å². The van der Waals surface area contributed by atoms with Gasteiger partial charge in [-0.15, -0.1) is 0 Å². The van der Waals surface area contributed by atoms with Crippen molar-refractivity contribution < 1.29 is 8.42 Å². The Morgan fingerprint density at radius 3 is 2.10 bits per heavy atom. The SMILES string of the molecule is Cc1ccc(S(=O)(=O)CCC(C)CCCC(C)C)cc1. The van der Waals surface area contributed by atoms with Crippen LogP contribution >= 0.6 is 0 Å². The van der Waals surface area contributed by atoms with Gasteiger partial charge in [0, 0.05) is 0 Å². The largest absolute Gasteiger partial charge is 0.224 e. The van der Waals surface area contributed by atoms with E-state index in [0.29, 0.717) is 10.8 Å². The summed E-state index contributed by atoms with van der Waals surface area (Å²) in [6.07, 6.45) is 4.31. The molecule has 0 amide bonds. The van der Waals surface area contributed by atoms with Gasteiger partial charge in [-0.25, -0.2) is 8.42 Å². The summed E-state index contributed by atoms with van der Waals surface area (Å²) in [5, 5.41) is 0. The zero-order chi connectivity index (χ0) is 15.2. The molecule has 1 rings (SSSR count). The van der Waals surface area contributed by atoms with Gasteiger partial charge in [0.05, 0.1) is 10.6 Å². The summed E-state index contributed by atoms with van der Waals surface area (Å²) in [5.41, 5.74) is 1.09. The fourth-order valence-corrected chi connectivity index (χ4v) is 3.74. The average molecular weight is 296 g/mol. The molecular formula is C17H28O2S. The van der Waals surface area contributed by atoms with Gasteiger partial charge in [-0.1, -0.05) is 57.7 Å². The Morgan fingerprint density at radius 1 is 0.950 bits per heavy atom. The predicted molar refractivity (Wildman–Crippen MR) is 85.7 cm³/mol. The molecule has 0 radical (unpaired) electrons. The standard InChI is InChI=1S/C17H28O2S/c1-14(2)6-5-7-15(3)12-13-20(18,19)17-10-8-16(4)9-11-17/h8-11,14-15H,5-7,12-13H2,1-4H3. The molecule has 1 aromatic rings. The van der Waals surface area contributed by atoms with E-state index in [9.17, 15) is 8.42 Å². The highest BCUT2D eigenvalue weighted by molar-refractivity contribution is 7.91. The fourth-order valence-electron chi connectivity index (χ4n) is 2.24. The molecule has 1 atom stereocenters. The van der Waals surface area contributed by atoms with E-state index < -0.39 is 9.84 Å². The number of hydrogen-bond donors (Lipinski definition) is 0. The number of aryl methyl sites for hydroxylation is 1. The topological polar surface area (TPSA) is 34.1 Å². The van der Waals surface area contributed by atoms with Crippen LogP contribution in [0.3, 0.4) is 0 Å². The van der Waals surface area contributed by atoms with Crippen molar-refractivity contribution in [2.45, 2.75) is 58.3 Å². The van der Waals surface area contributed by atoms with Crippen molar-refractivity contribution in [3.8, 4) is 0 Å². The van der Waals surface area contributed by atoms with Gasteiger partial charge in [0.2, 0.25) is 0 Å². The van der Waals surface area contributed by atoms with Crippen molar-refractivity contribution in [2.75, 3.05) is 5.75 Å². The van der Waals surface area contributed by atoms with Crippen LogP contribution in [0.15, 0.2) is 29.2 Å². The molecular weight excluding hydrogens is 268 g/mol. The molecule has 0 N–H and O–H groups in total. The fraction of sp³-hybridized carbons (Fsp3) is 0.647. The second-order valence-electron chi connectivity index (χ2n) is 6.35. The normalized spacial score (nSPS) is 13.7. The van der Waals surface area contributed by atoms with Gasteiger partial charge in [0.15, 0.2) is 9.84 Å². The van der Waals surface area contributed by atoms with Gasteiger partial charge in [0.1, 0.15) is 0 Å². The Balaban J connectivity index is 2.45. The third-order valence-corrected chi connectivity index (χ3v) is 5.50. The van der Waals surface area contributed by atoms with Gasteiger partial charge in [-0.2, -0.15) is 0 Å². The lowest BCUT2D eigenvalue weighted by molar-refractivity contribution is 0.448. The minimum absolute atomic E-state index is 0.263. The smallest absolute Gasteiger partial charge is 0.178 e. The maximum atomic E-state index is 12.2. The molecule has 3 heteroatoms. The van der Waals surface area contributed by atoms with Gasteiger partial charge < -0.3 is 0 Å². The molecule has 0 aliphatic heterocycles. The molecule has 1 unspecified atom stereocenters. The molecule has 1 aromatic carbocycles. The first-order chi connectivity index (χ1) is 9.31. The van der Waals surface area contributed by atoms with E-state index in [4.69, 9.17) is 0 Å². The molecule has 0 heterocycles. The number of rotatable bonds is 8. The van der Waals surface area contributed by atoms with Crippen molar-refractivity contribution in [2.24, 2.45) is 11.8 Å². The van der Waals surface area contributed by atoms with Crippen LogP contribution in [0.2, 0.25) is 0 Å². The molecule has 0 spiro atoms. The first-order valence-electron chi connectivity index (χ1n) is 7.60. The van der Waals surface area contributed by atoms with Crippen LogP contribution in [-0.4, -0.2) is 14.2 Å².